The molecule has 1 amide bonds. The molecule has 3 rings (SSSR count). The van der Waals surface area contributed by atoms with E-state index in [4.69, 9.17) is 0 Å². The van der Waals surface area contributed by atoms with Crippen molar-refractivity contribution in [2.45, 2.75) is 0 Å². The molecule has 0 radical (unpaired) electrons. The minimum Gasteiger partial charge on any atom is -0.315 e. The van der Waals surface area contributed by atoms with Crippen LogP contribution < -0.4 is 5.32 Å². The summed E-state index contributed by atoms with van der Waals surface area (Å²) in [5, 5.41) is 13.6. The zero-order valence-electron chi connectivity index (χ0n) is 10.5. The number of nitrogens with zero attached hydrogens (tertiary/aromatic N) is 2. The number of fused-ring (bicyclic) bond motifs is 1. The van der Waals surface area contributed by atoms with Crippen molar-refractivity contribution < 1.29 is 14.1 Å². The van der Waals surface area contributed by atoms with Gasteiger partial charge in [-0.25, -0.2) is 4.39 Å². The predicted octanol–water partition coefficient (Wildman–Crippen LogP) is 2.58. The van der Waals surface area contributed by atoms with Gasteiger partial charge in [0.2, 0.25) is 5.91 Å². The summed E-state index contributed by atoms with van der Waals surface area (Å²) >= 11 is 0.830. The molecule has 0 saturated heterocycles. The van der Waals surface area contributed by atoms with Gasteiger partial charge in [-0.1, -0.05) is 12.1 Å². The smallest absolute Gasteiger partial charge is 0.315 e. The summed E-state index contributed by atoms with van der Waals surface area (Å²) in [6, 6.07) is 7.28. The van der Waals surface area contributed by atoms with Gasteiger partial charge in [0.25, 0.3) is 0 Å². The minimum atomic E-state index is -0.551. The van der Waals surface area contributed by atoms with E-state index in [1.54, 1.807) is 6.07 Å². The highest BCUT2D eigenvalue weighted by Gasteiger charge is 2.26. The SMILES string of the molecule is O=C1CN=C(c2ccccc2F)c2cc([N+](=O)[O-])sc2N1. The second kappa shape index (κ2) is 5.06. The van der Waals surface area contributed by atoms with E-state index in [1.807, 2.05) is 0 Å². The third kappa shape index (κ3) is 2.40. The lowest BCUT2D eigenvalue weighted by molar-refractivity contribution is -0.380. The van der Waals surface area contributed by atoms with Crippen molar-refractivity contribution in [2.24, 2.45) is 4.99 Å². The molecule has 0 spiro atoms. The zero-order chi connectivity index (χ0) is 15.0. The molecule has 8 heteroatoms. The summed E-state index contributed by atoms with van der Waals surface area (Å²) in [5.74, 6) is -0.885. The van der Waals surface area contributed by atoms with Crippen LogP contribution in [0.1, 0.15) is 11.1 Å². The van der Waals surface area contributed by atoms with Gasteiger partial charge in [0.15, 0.2) is 0 Å². The summed E-state index contributed by atoms with van der Waals surface area (Å²) in [7, 11) is 0. The quantitative estimate of drug-likeness (QED) is 0.683. The Bertz CT molecular complexity index is 785. The van der Waals surface area contributed by atoms with Crippen LogP contribution in [0.3, 0.4) is 0 Å². The van der Waals surface area contributed by atoms with Crippen molar-refractivity contribution >= 4 is 33.0 Å². The molecule has 2 heterocycles. The zero-order valence-corrected chi connectivity index (χ0v) is 11.3. The highest BCUT2D eigenvalue weighted by Crippen LogP contribution is 2.36. The summed E-state index contributed by atoms with van der Waals surface area (Å²) in [4.78, 5) is 26.0. The summed E-state index contributed by atoms with van der Waals surface area (Å²) in [5.41, 5.74) is 0.816. The van der Waals surface area contributed by atoms with Gasteiger partial charge >= 0.3 is 5.00 Å². The van der Waals surface area contributed by atoms with Gasteiger partial charge in [-0.05, 0) is 23.5 Å². The lowest BCUT2D eigenvalue weighted by atomic mass is 10.0. The van der Waals surface area contributed by atoms with Crippen molar-refractivity contribution in [3.63, 3.8) is 0 Å². The van der Waals surface area contributed by atoms with Crippen molar-refractivity contribution in [3.05, 3.63) is 57.4 Å². The third-order valence-corrected chi connectivity index (χ3v) is 3.92. The van der Waals surface area contributed by atoms with Crippen LogP contribution in [-0.4, -0.2) is 23.1 Å². The number of carbonyl (C=O) groups excluding carboxylic acids is 1. The van der Waals surface area contributed by atoms with Crippen LogP contribution in [0.2, 0.25) is 0 Å². The van der Waals surface area contributed by atoms with E-state index in [-0.39, 0.29) is 28.7 Å². The summed E-state index contributed by atoms with van der Waals surface area (Å²) in [6.07, 6.45) is 0. The number of thiophene rings is 1. The van der Waals surface area contributed by atoms with E-state index in [9.17, 15) is 19.3 Å². The molecular weight excluding hydrogens is 297 g/mol. The Labute approximate surface area is 122 Å². The topological polar surface area (TPSA) is 84.6 Å². The fourth-order valence-corrected chi connectivity index (χ4v) is 2.91. The number of nitro groups is 1. The Balaban J connectivity index is 2.20. The predicted molar refractivity (Wildman–Crippen MR) is 76.5 cm³/mol. The number of halogens is 1. The highest BCUT2D eigenvalue weighted by molar-refractivity contribution is 7.19. The first-order valence-electron chi connectivity index (χ1n) is 5.94. The number of hydrogen-bond donors (Lipinski definition) is 1. The molecular formula is C13H8FN3O3S. The normalized spacial score (nSPS) is 14.0. The molecule has 2 aromatic rings. The van der Waals surface area contributed by atoms with Crippen LogP contribution >= 0.6 is 11.3 Å². The maximum absolute atomic E-state index is 13.9. The van der Waals surface area contributed by atoms with E-state index < -0.39 is 10.7 Å². The largest absolute Gasteiger partial charge is 0.326 e. The first-order chi connectivity index (χ1) is 10.1. The molecule has 21 heavy (non-hydrogen) atoms. The summed E-state index contributed by atoms with van der Waals surface area (Å²) in [6.45, 7) is -0.154. The van der Waals surface area contributed by atoms with Gasteiger partial charge in [-0.3, -0.25) is 19.9 Å². The second-order valence-electron chi connectivity index (χ2n) is 4.28. The number of carbonyl (C=O) groups is 1. The Kier molecular flexibility index (Phi) is 3.22. The van der Waals surface area contributed by atoms with E-state index in [2.05, 4.69) is 10.3 Å². The number of benzene rings is 1. The van der Waals surface area contributed by atoms with Crippen molar-refractivity contribution in [1.29, 1.82) is 0 Å². The van der Waals surface area contributed by atoms with Crippen molar-refractivity contribution in [3.8, 4) is 0 Å². The Morgan fingerprint density at radius 1 is 1.33 bits per heavy atom. The first-order valence-corrected chi connectivity index (χ1v) is 6.75. The minimum absolute atomic E-state index is 0.133. The first kappa shape index (κ1) is 13.4. The lowest BCUT2D eigenvalue weighted by Gasteiger charge is -2.05. The highest BCUT2D eigenvalue weighted by atomic mass is 32.1. The van der Waals surface area contributed by atoms with Crippen LogP contribution in [0.15, 0.2) is 35.3 Å². The van der Waals surface area contributed by atoms with Gasteiger partial charge in [-0.15, -0.1) is 0 Å². The fraction of sp³-hybridized carbons (Fsp3) is 0.0769. The van der Waals surface area contributed by atoms with E-state index >= 15 is 0 Å². The van der Waals surface area contributed by atoms with Crippen LogP contribution in [0.4, 0.5) is 14.4 Å². The molecule has 0 aliphatic carbocycles. The van der Waals surface area contributed by atoms with Gasteiger partial charge in [-0.2, -0.15) is 0 Å². The Hall–Kier alpha value is -2.61. The fourth-order valence-electron chi connectivity index (χ4n) is 2.02. The van der Waals surface area contributed by atoms with Crippen molar-refractivity contribution in [2.75, 3.05) is 11.9 Å². The number of aliphatic imine (C=N–C) groups is 1. The molecule has 1 aromatic heterocycles. The standard InChI is InChI=1S/C13H8FN3O3S/c14-9-4-2-1-3-7(9)12-8-5-11(17(19)20)21-13(8)16-10(18)6-15-12/h1-5H,6H2,(H,16,18). The number of amides is 1. The number of anilines is 1. The third-order valence-electron chi connectivity index (χ3n) is 2.92. The van der Waals surface area contributed by atoms with E-state index in [1.165, 1.54) is 24.3 Å². The monoisotopic (exact) mass is 305 g/mol. The molecule has 0 unspecified atom stereocenters. The maximum Gasteiger partial charge on any atom is 0.326 e. The van der Waals surface area contributed by atoms with E-state index in [0.717, 1.165) is 11.3 Å². The van der Waals surface area contributed by atoms with E-state index in [0.29, 0.717) is 10.6 Å². The number of rotatable bonds is 2. The van der Waals surface area contributed by atoms with Crippen molar-refractivity contribution in [1.82, 2.24) is 0 Å². The van der Waals surface area contributed by atoms with Gasteiger partial charge in [0.1, 0.15) is 17.4 Å². The van der Waals surface area contributed by atoms with Crippen LogP contribution in [0, 0.1) is 15.9 Å². The molecule has 0 fully saturated rings. The number of hydrogen-bond acceptors (Lipinski definition) is 5. The van der Waals surface area contributed by atoms with Gasteiger partial charge in [0, 0.05) is 17.2 Å². The molecule has 1 aliphatic rings. The summed E-state index contributed by atoms with van der Waals surface area (Å²) < 4.78 is 13.9. The number of nitrogens with one attached hydrogen (secondary N) is 1. The molecule has 0 bridgehead atoms. The molecule has 1 aromatic carbocycles. The van der Waals surface area contributed by atoms with Crippen LogP contribution in [0.5, 0.6) is 0 Å². The Morgan fingerprint density at radius 2 is 2.10 bits per heavy atom. The van der Waals surface area contributed by atoms with Gasteiger partial charge < -0.3 is 5.32 Å². The molecule has 0 saturated carbocycles. The van der Waals surface area contributed by atoms with Gasteiger partial charge in [0.05, 0.1) is 10.6 Å². The van der Waals surface area contributed by atoms with Crippen LogP contribution in [-0.2, 0) is 4.79 Å². The molecule has 1 N–H and O–H groups in total. The average Bonchev–Trinajstić information content (AvgIpc) is 2.79. The molecule has 1 aliphatic heterocycles. The molecule has 106 valence electrons. The average molecular weight is 305 g/mol. The Morgan fingerprint density at radius 3 is 2.81 bits per heavy atom. The lowest BCUT2D eigenvalue weighted by Crippen LogP contribution is -2.12. The second-order valence-corrected chi connectivity index (χ2v) is 5.31. The maximum atomic E-state index is 13.9. The molecule has 6 nitrogen and oxygen atoms in total. The van der Waals surface area contributed by atoms with Crippen LogP contribution in [0.25, 0.3) is 0 Å². The molecule has 0 atom stereocenters.